The average Bonchev–Trinajstić information content (AvgIpc) is 2.14. The molecule has 0 bridgehead atoms. The molecule has 0 amide bonds. The van der Waals surface area contributed by atoms with Gasteiger partial charge in [0, 0.05) is 14.1 Å². The molecule has 50 valence electrons. The van der Waals surface area contributed by atoms with Gasteiger partial charge in [-0.25, -0.2) is 0 Å². The van der Waals surface area contributed by atoms with Crippen molar-refractivity contribution in [2.75, 3.05) is 19.0 Å². The Hall–Kier alpha value is -0.570. The fraction of sp³-hybridized carbons (Fsp3) is 0.333. The lowest BCUT2D eigenvalue weighted by molar-refractivity contribution is 0.657. The van der Waals surface area contributed by atoms with E-state index in [9.17, 15) is 4.39 Å². The maximum Gasteiger partial charge on any atom is 0.178 e. The number of hydrogen-bond donors (Lipinski definition) is 0. The highest BCUT2D eigenvalue weighted by atomic mass is 32.1. The van der Waals surface area contributed by atoms with Crippen molar-refractivity contribution in [3.8, 4) is 0 Å². The van der Waals surface area contributed by atoms with Crippen LogP contribution in [0.2, 0.25) is 0 Å². The summed E-state index contributed by atoms with van der Waals surface area (Å²) in [7, 11) is 3.79. The molecule has 0 aromatic carbocycles. The topological polar surface area (TPSA) is 3.24 Å². The summed E-state index contributed by atoms with van der Waals surface area (Å²) >= 11 is 1.16. The largest absolute Gasteiger partial charge is 0.369 e. The molecule has 1 aromatic rings. The van der Waals surface area contributed by atoms with Gasteiger partial charge in [-0.05, 0) is 12.1 Å². The van der Waals surface area contributed by atoms with Crippen molar-refractivity contribution < 1.29 is 4.39 Å². The number of halogens is 1. The molecular weight excluding hydrogens is 137 g/mol. The van der Waals surface area contributed by atoms with E-state index in [4.69, 9.17) is 0 Å². The zero-order valence-electron chi connectivity index (χ0n) is 5.39. The smallest absolute Gasteiger partial charge is 0.178 e. The van der Waals surface area contributed by atoms with Crippen LogP contribution in [0.1, 0.15) is 0 Å². The second-order valence-electron chi connectivity index (χ2n) is 1.97. The van der Waals surface area contributed by atoms with E-state index in [2.05, 4.69) is 0 Å². The Bertz CT molecular complexity index is 195. The Balaban J connectivity index is 2.85. The van der Waals surface area contributed by atoms with Gasteiger partial charge in [0.15, 0.2) is 5.13 Å². The van der Waals surface area contributed by atoms with Crippen LogP contribution in [0.15, 0.2) is 12.1 Å². The zero-order valence-corrected chi connectivity index (χ0v) is 6.20. The minimum Gasteiger partial charge on any atom is -0.369 e. The van der Waals surface area contributed by atoms with E-state index >= 15 is 0 Å². The first-order valence-corrected chi connectivity index (χ1v) is 3.44. The van der Waals surface area contributed by atoms with Gasteiger partial charge in [0.25, 0.3) is 0 Å². The molecule has 0 fully saturated rings. The van der Waals surface area contributed by atoms with E-state index < -0.39 is 0 Å². The summed E-state index contributed by atoms with van der Waals surface area (Å²) in [6, 6.07) is 3.24. The number of rotatable bonds is 1. The van der Waals surface area contributed by atoms with Crippen LogP contribution in [0.25, 0.3) is 0 Å². The van der Waals surface area contributed by atoms with Crippen molar-refractivity contribution >= 4 is 16.3 Å². The molecule has 1 nitrogen and oxygen atoms in total. The molecule has 3 heteroatoms. The van der Waals surface area contributed by atoms with Crippen molar-refractivity contribution in [3.05, 3.63) is 17.3 Å². The van der Waals surface area contributed by atoms with Gasteiger partial charge in [0.05, 0.1) is 5.00 Å². The third kappa shape index (κ3) is 1.42. The van der Waals surface area contributed by atoms with Crippen molar-refractivity contribution in [1.29, 1.82) is 0 Å². The van der Waals surface area contributed by atoms with Gasteiger partial charge in [-0.3, -0.25) is 0 Å². The van der Waals surface area contributed by atoms with Crippen LogP contribution in [-0.2, 0) is 0 Å². The third-order valence-electron chi connectivity index (χ3n) is 1.000. The maximum absolute atomic E-state index is 12.3. The summed E-state index contributed by atoms with van der Waals surface area (Å²) in [5, 5.41) is 0.825. The van der Waals surface area contributed by atoms with Crippen LogP contribution < -0.4 is 4.90 Å². The maximum atomic E-state index is 12.3. The predicted molar refractivity (Wildman–Crippen MR) is 38.6 cm³/mol. The molecule has 0 N–H and O–H groups in total. The van der Waals surface area contributed by atoms with Crippen LogP contribution in [0.5, 0.6) is 0 Å². The Kier molecular flexibility index (Phi) is 1.71. The monoisotopic (exact) mass is 145 g/mol. The molecule has 0 saturated heterocycles. The molecular formula is C6H8FNS. The third-order valence-corrected chi connectivity index (χ3v) is 2.04. The number of nitrogens with zero attached hydrogens (tertiary/aromatic N) is 1. The van der Waals surface area contributed by atoms with Gasteiger partial charge in [-0.15, -0.1) is 0 Å². The van der Waals surface area contributed by atoms with E-state index in [-0.39, 0.29) is 5.13 Å². The van der Waals surface area contributed by atoms with E-state index in [1.807, 2.05) is 19.0 Å². The van der Waals surface area contributed by atoms with Crippen molar-refractivity contribution in [3.63, 3.8) is 0 Å². The number of hydrogen-bond acceptors (Lipinski definition) is 2. The van der Waals surface area contributed by atoms with E-state index in [0.717, 1.165) is 16.3 Å². The van der Waals surface area contributed by atoms with Crippen LogP contribution in [0.3, 0.4) is 0 Å². The molecule has 0 unspecified atom stereocenters. The van der Waals surface area contributed by atoms with Gasteiger partial charge >= 0.3 is 0 Å². The minimum absolute atomic E-state index is 0.126. The highest BCUT2D eigenvalue weighted by Gasteiger charge is 1.98. The molecule has 0 aliphatic carbocycles. The molecule has 0 saturated carbocycles. The Morgan fingerprint density at radius 2 is 2.11 bits per heavy atom. The average molecular weight is 145 g/mol. The van der Waals surface area contributed by atoms with Gasteiger partial charge in [-0.1, -0.05) is 11.3 Å². The van der Waals surface area contributed by atoms with Crippen molar-refractivity contribution in [2.24, 2.45) is 0 Å². The normalized spacial score (nSPS) is 9.67. The highest BCUT2D eigenvalue weighted by Crippen LogP contribution is 2.21. The molecule has 0 radical (unpaired) electrons. The molecule has 1 rings (SSSR count). The summed E-state index contributed by atoms with van der Waals surface area (Å²) in [4.78, 5) is 1.88. The SMILES string of the molecule is CN(C)c1ccc(F)s1. The molecule has 1 heterocycles. The van der Waals surface area contributed by atoms with Crippen LogP contribution in [0.4, 0.5) is 9.39 Å². The highest BCUT2D eigenvalue weighted by molar-refractivity contribution is 7.14. The molecule has 1 aromatic heterocycles. The minimum atomic E-state index is -0.126. The molecule has 0 aliphatic heterocycles. The van der Waals surface area contributed by atoms with Crippen LogP contribution >= 0.6 is 11.3 Å². The summed E-state index contributed by atoms with van der Waals surface area (Å²) in [6.45, 7) is 0. The number of anilines is 1. The molecule has 0 aliphatic rings. The first kappa shape index (κ1) is 6.55. The second kappa shape index (κ2) is 2.35. The fourth-order valence-corrected chi connectivity index (χ4v) is 1.20. The zero-order chi connectivity index (χ0) is 6.85. The lowest BCUT2D eigenvalue weighted by Crippen LogP contribution is -2.05. The molecule has 0 atom stereocenters. The lowest BCUT2D eigenvalue weighted by atomic mass is 10.6. The molecule has 9 heavy (non-hydrogen) atoms. The van der Waals surface area contributed by atoms with E-state index in [1.54, 1.807) is 6.07 Å². The number of thiophene rings is 1. The van der Waals surface area contributed by atoms with Gasteiger partial charge in [0.2, 0.25) is 0 Å². The Morgan fingerprint density at radius 1 is 1.44 bits per heavy atom. The van der Waals surface area contributed by atoms with E-state index in [0.29, 0.717) is 0 Å². The van der Waals surface area contributed by atoms with E-state index in [1.165, 1.54) is 6.07 Å². The van der Waals surface area contributed by atoms with Gasteiger partial charge in [0.1, 0.15) is 0 Å². The van der Waals surface area contributed by atoms with Crippen LogP contribution in [0, 0.1) is 5.13 Å². The standard InChI is InChI=1S/C6H8FNS/c1-8(2)6-4-3-5(7)9-6/h3-4H,1-2H3. The van der Waals surface area contributed by atoms with Gasteiger partial charge in [-0.2, -0.15) is 4.39 Å². The summed E-state index contributed by atoms with van der Waals surface area (Å²) < 4.78 is 12.3. The second-order valence-corrected chi connectivity index (χ2v) is 2.98. The summed E-state index contributed by atoms with van der Waals surface area (Å²) in [5.74, 6) is 0. The van der Waals surface area contributed by atoms with Gasteiger partial charge < -0.3 is 4.90 Å². The summed E-state index contributed by atoms with van der Waals surface area (Å²) in [5.41, 5.74) is 0. The quantitative estimate of drug-likeness (QED) is 0.584. The predicted octanol–water partition coefficient (Wildman–Crippen LogP) is 1.95. The fourth-order valence-electron chi connectivity index (χ4n) is 0.545. The lowest BCUT2D eigenvalue weighted by Gasteiger charge is -2.06. The Labute approximate surface area is 57.7 Å². The Morgan fingerprint density at radius 3 is 2.33 bits per heavy atom. The first-order valence-electron chi connectivity index (χ1n) is 2.63. The van der Waals surface area contributed by atoms with Crippen molar-refractivity contribution in [2.45, 2.75) is 0 Å². The summed E-state index contributed by atoms with van der Waals surface area (Å²) in [6.07, 6.45) is 0. The van der Waals surface area contributed by atoms with Crippen molar-refractivity contribution in [1.82, 2.24) is 0 Å². The van der Waals surface area contributed by atoms with Crippen LogP contribution in [-0.4, -0.2) is 14.1 Å². The molecule has 0 spiro atoms. The first-order chi connectivity index (χ1) is 4.20.